The van der Waals surface area contributed by atoms with Crippen LogP contribution < -0.4 is 9.47 Å². The van der Waals surface area contributed by atoms with E-state index < -0.39 is 5.82 Å². The number of nitrogens with zero attached hydrogens (tertiary/aromatic N) is 1. The molecule has 0 aliphatic carbocycles. The third-order valence-electron chi connectivity index (χ3n) is 4.25. The summed E-state index contributed by atoms with van der Waals surface area (Å²) in [7, 11) is 1.58. The van der Waals surface area contributed by atoms with Crippen LogP contribution in [0.25, 0.3) is 5.57 Å². The number of rotatable bonds is 8. The van der Waals surface area contributed by atoms with Crippen LogP contribution >= 0.6 is 11.8 Å². The summed E-state index contributed by atoms with van der Waals surface area (Å²) in [6.45, 7) is 4.19. The van der Waals surface area contributed by atoms with E-state index in [4.69, 9.17) is 9.47 Å². The van der Waals surface area contributed by atoms with Crippen LogP contribution in [0.1, 0.15) is 19.4 Å². The van der Waals surface area contributed by atoms with Gasteiger partial charge in [0.15, 0.2) is 0 Å². The van der Waals surface area contributed by atoms with E-state index >= 15 is 0 Å². The van der Waals surface area contributed by atoms with E-state index in [-0.39, 0.29) is 30.2 Å². The maximum Gasteiger partial charge on any atom is 0.268 e. The fraction of sp³-hybridized carbons (Fsp3) is 0.273. The number of methoxy groups -OCH3 is 1. The summed E-state index contributed by atoms with van der Waals surface area (Å²) in [5.41, 5.74) is 0.852. The van der Waals surface area contributed by atoms with Crippen molar-refractivity contribution in [2.24, 2.45) is 0 Å². The molecule has 2 aromatic carbocycles. The molecule has 152 valence electrons. The molecule has 1 heterocycles. The minimum atomic E-state index is -0.395. The Hall–Kier alpha value is -2.80. The highest BCUT2D eigenvalue weighted by atomic mass is 32.2. The zero-order valence-corrected chi connectivity index (χ0v) is 17.3. The number of amides is 2. The van der Waals surface area contributed by atoms with Crippen molar-refractivity contribution >= 4 is 29.1 Å². The Bertz CT molecular complexity index is 923. The van der Waals surface area contributed by atoms with Crippen LogP contribution in [-0.4, -0.2) is 42.2 Å². The van der Waals surface area contributed by atoms with Crippen LogP contribution in [0.5, 0.6) is 11.5 Å². The van der Waals surface area contributed by atoms with Gasteiger partial charge in [0.05, 0.1) is 24.1 Å². The number of hydrogen-bond donors (Lipinski definition) is 0. The van der Waals surface area contributed by atoms with Crippen LogP contribution in [0.15, 0.2) is 53.4 Å². The molecule has 1 aliphatic rings. The van der Waals surface area contributed by atoms with Crippen molar-refractivity contribution in [2.45, 2.75) is 19.1 Å². The molecule has 0 bridgehead atoms. The van der Waals surface area contributed by atoms with Gasteiger partial charge in [0.25, 0.3) is 11.8 Å². The van der Waals surface area contributed by atoms with Gasteiger partial charge in [-0.05, 0) is 42.0 Å². The number of imide groups is 1. The van der Waals surface area contributed by atoms with Gasteiger partial charge in [-0.2, -0.15) is 0 Å². The highest BCUT2D eigenvalue weighted by molar-refractivity contribution is 8.04. The van der Waals surface area contributed by atoms with E-state index in [0.717, 1.165) is 0 Å². The number of carbonyl (C=O) groups excluding carboxylic acids is 2. The predicted octanol–water partition coefficient (Wildman–Crippen LogP) is 4.13. The lowest BCUT2D eigenvalue weighted by atomic mass is 10.1. The van der Waals surface area contributed by atoms with Crippen LogP contribution in [0, 0.1) is 5.82 Å². The average molecular weight is 415 g/mol. The number of ether oxygens (including phenoxy) is 2. The maximum absolute atomic E-state index is 13.3. The number of benzene rings is 2. The highest BCUT2D eigenvalue weighted by Gasteiger charge is 2.39. The number of carbonyl (C=O) groups is 2. The molecule has 3 rings (SSSR count). The first-order valence-electron chi connectivity index (χ1n) is 9.20. The third kappa shape index (κ3) is 4.79. The van der Waals surface area contributed by atoms with E-state index in [9.17, 15) is 14.0 Å². The molecule has 29 heavy (non-hydrogen) atoms. The highest BCUT2D eigenvalue weighted by Crippen LogP contribution is 2.37. The molecule has 0 aromatic heterocycles. The topological polar surface area (TPSA) is 55.8 Å². The molecule has 0 saturated heterocycles. The second-order valence-corrected chi connectivity index (χ2v) is 8.25. The Morgan fingerprint density at radius 1 is 0.966 bits per heavy atom. The quantitative estimate of drug-likeness (QED) is 0.607. The molecule has 2 aromatic rings. The Kier molecular flexibility index (Phi) is 6.59. The molecule has 1 aliphatic heterocycles. The van der Waals surface area contributed by atoms with Crippen molar-refractivity contribution in [1.29, 1.82) is 0 Å². The van der Waals surface area contributed by atoms with Crippen molar-refractivity contribution in [2.75, 3.05) is 20.3 Å². The SMILES string of the molecule is COc1ccc(OCCN2C(=O)C(SC(C)C)=C(c3ccc(F)cc3)C2=O)cc1. The molecule has 0 atom stereocenters. The summed E-state index contributed by atoms with van der Waals surface area (Å²) >= 11 is 1.34. The summed E-state index contributed by atoms with van der Waals surface area (Å²) in [5, 5.41) is 0.118. The fourth-order valence-corrected chi connectivity index (χ4v) is 3.91. The zero-order valence-electron chi connectivity index (χ0n) is 16.5. The Morgan fingerprint density at radius 3 is 2.17 bits per heavy atom. The summed E-state index contributed by atoms with van der Waals surface area (Å²) < 4.78 is 24.1. The largest absolute Gasteiger partial charge is 0.497 e. The molecule has 0 unspecified atom stereocenters. The van der Waals surface area contributed by atoms with Crippen LogP contribution in [0.4, 0.5) is 4.39 Å². The van der Waals surface area contributed by atoms with Gasteiger partial charge in [-0.25, -0.2) is 4.39 Å². The smallest absolute Gasteiger partial charge is 0.268 e. The van der Waals surface area contributed by atoms with Crippen molar-refractivity contribution < 1.29 is 23.5 Å². The third-order valence-corrected chi connectivity index (χ3v) is 5.34. The molecule has 0 spiro atoms. The minimum Gasteiger partial charge on any atom is -0.497 e. The van der Waals surface area contributed by atoms with Crippen molar-refractivity contribution in [1.82, 2.24) is 4.90 Å². The Labute approximate surface area is 173 Å². The molecular weight excluding hydrogens is 393 g/mol. The molecule has 0 fully saturated rings. The van der Waals surface area contributed by atoms with E-state index in [1.807, 2.05) is 13.8 Å². The van der Waals surface area contributed by atoms with Crippen molar-refractivity contribution in [3.8, 4) is 11.5 Å². The van der Waals surface area contributed by atoms with E-state index in [0.29, 0.717) is 27.5 Å². The van der Waals surface area contributed by atoms with Crippen molar-refractivity contribution in [3.63, 3.8) is 0 Å². The van der Waals surface area contributed by atoms with Crippen LogP contribution in [0.3, 0.4) is 0 Å². The molecular formula is C22H22FNO4S. The van der Waals surface area contributed by atoms with Crippen LogP contribution in [0.2, 0.25) is 0 Å². The van der Waals surface area contributed by atoms with E-state index in [2.05, 4.69) is 0 Å². The lowest BCUT2D eigenvalue weighted by Gasteiger charge is -2.16. The summed E-state index contributed by atoms with van der Waals surface area (Å²) in [6.07, 6.45) is 0. The standard InChI is InChI=1S/C22H22FNO4S/c1-14(2)29-20-19(15-4-6-16(23)7-5-15)21(25)24(22(20)26)12-13-28-18-10-8-17(27-3)9-11-18/h4-11,14H,12-13H2,1-3H3. The van der Waals surface area contributed by atoms with Gasteiger partial charge in [0.1, 0.15) is 23.9 Å². The van der Waals surface area contributed by atoms with Crippen LogP contribution in [-0.2, 0) is 9.59 Å². The molecule has 5 nitrogen and oxygen atoms in total. The first-order chi connectivity index (χ1) is 13.9. The minimum absolute atomic E-state index is 0.118. The predicted molar refractivity (Wildman–Crippen MR) is 111 cm³/mol. The monoisotopic (exact) mass is 415 g/mol. The molecule has 0 N–H and O–H groups in total. The number of hydrogen-bond acceptors (Lipinski definition) is 5. The summed E-state index contributed by atoms with van der Waals surface area (Å²) in [6, 6.07) is 12.7. The average Bonchev–Trinajstić information content (AvgIpc) is 2.93. The Balaban J connectivity index is 1.74. The first-order valence-corrected chi connectivity index (χ1v) is 10.1. The lowest BCUT2D eigenvalue weighted by molar-refractivity contribution is -0.136. The maximum atomic E-state index is 13.3. The van der Waals surface area contributed by atoms with Gasteiger partial charge < -0.3 is 9.47 Å². The lowest BCUT2D eigenvalue weighted by Crippen LogP contribution is -2.35. The number of halogens is 1. The molecule has 2 amide bonds. The molecule has 0 radical (unpaired) electrons. The number of thioether (sulfide) groups is 1. The summed E-state index contributed by atoms with van der Waals surface area (Å²) in [4.78, 5) is 27.5. The molecule has 7 heteroatoms. The summed E-state index contributed by atoms with van der Waals surface area (Å²) in [5.74, 6) is 0.211. The van der Waals surface area contributed by atoms with Gasteiger partial charge in [-0.15, -0.1) is 11.8 Å². The van der Waals surface area contributed by atoms with Gasteiger partial charge >= 0.3 is 0 Å². The van der Waals surface area contributed by atoms with E-state index in [1.54, 1.807) is 31.4 Å². The van der Waals surface area contributed by atoms with Gasteiger partial charge in [0.2, 0.25) is 0 Å². The normalized spacial score (nSPS) is 14.2. The van der Waals surface area contributed by atoms with Gasteiger partial charge in [-0.1, -0.05) is 26.0 Å². The second kappa shape index (κ2) is 9.13. The second-order valence-electron chi connectivity index (χ2n) is 6.66. The molecule has 0 saturated carbocycles. The van der Waals surface area contributed by atoms with E-state index in [1.165, 1.54) is 40.9 Å². The van der Waals surface area contributed by atoms with Gasteiger partial charge in [-0.3, -0.25) is 14.5 Å². The zero-order chi connectivity index (χ0) is 21.0. The fourth-order valence-electron chi connectivity index (χ4n) is 2.90. The Morgan fingerprint density at radius 2 is 1.59 bits per heavy atom. The van der Waals surface area contributed by atoms with Crippen molar-refractivity contribution in [3.05, 3.63) is 64.8 Å². The first kappa shape index (κ1) is 20.9. The van der Waals surface area contributed by atoms with Gasteiger partial charge in [0, 0.05) is 5.25 Å².